The number of halogens is 1. The summed E-state index contributed by atoms with van der Waals surface area (Å²) in [6.07, 6.45) is 0. The summed E-state index contributed by atoms with van der Waals surface area (Å²) in [6, 6.07) is 15.6. The molecule has 3 aromatic rings. The number of anilines is 2. The first kappa shape index (κ1) is 16.0. The molecule has 1 amide bonds. The van der Waals surface area contributed by atoms with Crippen LogP contribution in [0.25, 0.3) is 11.3 Å². The Kier molecular flexibility index (Phi) is 4.44. The molecule has 6 heteroatoms. The van der Waals surface area contributed by atoms with Crippen LogP contribution < -0.4 is 15.8 Å². The van der Waals surface area contributed by atoms with Gasteiger partial charge in [-0.2, -0.15) is 0 Å². The molecule has 2 aromatic carbocycles. The van der Waals surface area contributed by atoms with Crippen molar-refractivity contribution < 1.29 is 13.9 Å². The molecule has 0 spiro atoms. The fourth-order valence-corrected chi connectivity index (χ4v) is 2.41. The maximum Gasteiger partial charge on any atom is 0.291 e. The van der Waals surface area contributed by atoms with Crippen LogP contribution in [0.4, 0.5) is 11.4 Å². The van der Waals surface area contributed by atoms with E-state index in [1.165, 1.54) is 0 Å². The predicted molar refractivity (Wildman–Crippen MR) is 94.5 cm³/mol. The van der Waals surface area contributed by atoms with Gasteiger partial charge in [-0.3, -0.25) is 4.79 Å². The Labute approximate surface area is 144 Å². The number of methoxy groups -OCH3 is 1. The fraction of sp³-hybridized carbons (Fsp3) is 0.0556. The van der Waals surface area contributed by atoms with Gasteiger partial charge in [-0.1, -0.05) is 23.7 Å². The topological polar surface area (TPSA) is 77.5 Å². The molecular weight excluding hydrogens is 328 g/mol. The standard InChI is InChI=1S/C18H15ClN2O3/c1-23-13-5-6-15(14(20)10-13)21-18(22)17-8-7-16(24-17)11-3-2-4-12(19)9-11/h2-10H,20H2,1H3,(H,21,22). The predicted octanol–water partition coefficient (Wildman–Crippen LogP) is 4.44. The van der Waals surface area contributed by atoms with Gasteiger partial charge in [0.1, 0.15) is 11.5 Å². The molecule has 0 unspecified atom stereocenters. The van der Waals surface area contributed by atoms with Crippen LogP contribution >= 0.6 is 11.6 Å². The maximum absolute atomic E-state index is 12.3. The third kappa shape index (κ3) is 3.36. The molecule has 0 aliphatic heterocycles. The van der Waals surface area contributed by atoms with E-state index >= 15 is 0 Å². The number of carbonyl (C=O) groups is 1. The average molecular weight is 343 g/mol. The van der Waals surface area contributed by atoms with Gasteiger partial charge in [0.05, 0.1) is 18.5 Å². The number of rotatable bonds is 4. The Morgan fingerprint density at radius 2 is 2.00 bits per heavy atom. The summed E-state index contributed by atoms with van der Waals surface area (Å²) in [5, 5.41) is 3.31. The van der Waals surface area contributed by atoms with E-state index in [0.717, 1.165) is 5.56 Å². The molecule has 0 aliphatic rings. The first-order chi connectivity index (χ1) is 11.6. The van der Waals surface area contributed by atoms with Crippen molar-refractivity contribution >= 4 is 28.9 Å². The lowest BCUT2D eigenvalue weighted by Gasteiger charge is -2.08. The SMILES string of the molecule is COc1ccc(NC(=O)c2ccc(-c3cccc(Cl)c3)o2)c(N)c1. The number of benzene rings is 2. The normalized spacial score (nSPS) is 10.4. The zero-order valence-corrected chi connectivity index (χ0v) is 13.6. The van der Waals surface area contributed by atoms with Crippen molar-refractivity contribution in [3.63, 3.8) is 0 Å². The molecule has 0 atom stereocenters. The molecule has 0 radical (unpaired) electrons. The summed E-state index contributed by atoms with van der Waals surface area (Å²) in [4.78, 5) is 12.3. The quantitative estimate of drug-likeness (QED) is 0.687. The lowest BCUT2D eigenvalue weighted by atomic mass is 10.2. The van der Waals surface area contributed by atoms with Gasteiger partial charge in [-0.25, -0.2) is 0 Å². The van der Waals surface area contributed by atoms with Gasteiger partial charge in [0.2, 0.25) is 0 Å². The van der Waals surface area contributed by atoms with Crippen LogP contribution in [0, 0.1) is 0 Å². The highest BCUT2D eigenvalue weighted by Gasteiger charge is 2.14. The van der Waals surface area contributed by atoms with Crippen LogP contribution in [0.2, 0.25) is 5.02 Å². The highest BCUT2D eigenvalue weighted by Crippen LogP contribution is 2.27. The first-order valence-corrected chi connectivity index (χ1v) is 7.55. The van der Waals surface area contributed by atoms with Crippen LogP contribution in [-0.4, -0.2) is 13.0 Å². The van der Waals surface area contributed by atoms with Gasteiger partial charge in [0.25, 0.3) is 5.91 Å². The Morgan fingerprint density at radius 3 is 2.71 bits per heavy atom. The van der Waals surface area contributed by atoms with Gasteiger partial charge in [-0.15, -0.1) is 0 Å². The Bertz CT molecular complexity index is 889. The summed E-state index contributed by atoms with van der Waals surface area (Å²) >= 11 is 5.97. The lowest BCUT2D eigenvalue weighted by Crippen LogP contribution is -2.12. The van der Waals surface area contributed by atoms with E-state index in [1.807, 2.05) is 12.1 Å². The molecular formula is C18H15ClN2O3. The largest absolute Gasteiger partial charge is 0.497 e. The third-order valence-corrected chi connectivity index (χ3v) is 3.68. The summed E-state index contributed by atoms with van der Waals surface area (Å²) in [6.45, 7) is 0. The van der Waals surface area contributed by atoms with Crippen molar-refractivity contribution in [2.24, 2.45) is 0 Å². The van der Waals surface area contributed by atoms with Gasteiger partial charge in [0, 0.05) is 16.7 Å². The molecule has 0 saturated heterocycles. The molecule has 122 valence electrons. The number of carbonyl (C=O) groups excluding carboxylic acids is 1. The second kappa shape index (κ2) is 6.68. The van der Waals surface area contributed by atoms with Crippen molar-refractivity contribution in [2.75, 3.05) is 18.2 Å². The molecule has 0 saturated carbocycles. The highest BCUT2D eigenvalue weighted by atomic mass is 35.5. The van der Waals surface area contributed by atoms with Crippen molar-refractivity contribution in [1.82, 2.24) is 0 Å². The molecule has 3 N–H and O–H groups in total. The van der Waals surface area contributed by atoms with Crippen molar-refractivity contribution in [2.45, 2.75) is 0 Å². The van der Waals surface area contributed by atoms with Gasteiger partial charge < -0.3 is 20.2 Å². The van der Waals surface area contributed by atoms with Gasteiger partial charge in [0.15, 0.2) is 5.76 Å². The minimum atomic E-state index is -0.389. The molecule has 0 aliphatic carbocycles. The lowest BCUT2D eigenvalue weighted by molar-refractivity contribution is 0.0997. The van der Waals surface area contributed by atoms with Crippen molar-refractivity contribution in [3.8, 4) is 17.1 Å². The van der Waals surface area contributed by atoms with E-state index in [4.69, 9.17) is 26.5 Å². The number of amides is 1. The minimum absolute atomic E-state index is 0.181. The van der Waals surface area contributed by atoms with Crippen LogP contribution in [0.3, 0.4) is 0 Å². The Balaban J connectivity index is 1.79. The van der Waals surface area contributed by atoms with Crippen molar-refractivity contribution in [1.29, 1.82) is 0 Å². The maximum atomic E-state index is 12.3. The Hall–Kier alpha value is -2.92. The number of nitrogen functional groups attached to an aromatic ring is 1. The molecule has 1 aromatic heterocycles. The number of hydrogen-bond donors (Lipinski definition) is 2. The molecule has 3 rings (SSSR count). The van der Waals surface area contributed by atoms with Crippen molar-refractivity contribution in [3.05, 3.63) is 65.4 Å². The monoisotopic (exact) mass is 342 g/mol. The first-order valence-electron chi connectivity index (χ1n) is 7.17. The fourth-order valence-electron chi connectivity index (χ4n) is 2.22. The molecule has 1 heterocycles. The summed E-state index contributed by atoms with van der Waals surface area (Å²) < 4.78 is 10.7. The van der Waals surface area contributed by atoms with Gasteiger partial charge in [-0.05, 0) is 36.4 Å². The zero-order chi connectivity index (χ0) is 17.1. The van der Waals surface area contributed by atoms with E-state index in [1.54, 1.807) is 49.6 Å². The summed E-state index contributed by atoms with van der Waals surface area (Å²) in [7, 11) is 1.55. The van der Waals surface area contributed by atoms with Gasteiger partial charge >= 0.3 is 0 Å². The summed E-state index contributed by atoms with van der Waals surface area (Å²) in [5.41, 5.74) is 7.59. The van der Waals surface area contributed by atoms with E-state index in [9.17, 15) is 4.79 Å². The molecule has 5 nitrogen and oxygen atoms in total. The number of nitrogens with one attached hydrogen (secondary N) is 1. The number of ether oxygens (including phenoxy) is 1. The molecule has 0 fully saturated rings. The second-order valence-corrected chi connectivity index (χ2v) is 5.52. The van der Waals surface area contributed by atoms with E-state index in [-0.39, 0.29) is 11.7 Å². The zero-order valence-electron chi connectivity index (χ0n) is 12.9. The highest BCUT2D eigenvalue weighted by molar-refractivity contribution is 6.30. The van der Waals surface area contributed by atoms with E-state index in [2.05, 4.69) is 5.32 Å². The average Bonchev–Trinajstić information content (AvgIpc) is 3.07. The van der Waals surface area contributed by atoms with E-state index < -0.39 is 0 Å². The second-order valence-electron chi connectivity index (χ2n) is 5.08. The number of hydrogen-bond acceptors (Lipinski definition) is 4. The molecule has 24 heavy (non-hydrogen) atoms. The minimum Gasteiger partial charge on any atom is -0.497 e. The van der Waals surface area contributed by atoms with E-state index in [0.29, 0.717) is 27.9 Å². The number of nitrogens with two attached hydrogens (primary N) is 1. The van der Waals surface area contributed by atoms with Crippen LogP contribution in [0.1, 0.15) is 10.6 Å². The van der Waals surface area contributed by atoms with Crippen LogP contribution in [-0.2, 0) is 0 Å². The molecule has 0 bridgehead atoms. The smallest absolute Gasteiger partial charge is 0.291 e. The summed E-state index contributed by atoms with van der Waals surface area (Å²) in [5.74, 6) is 0.970. The van der Waals surface area contributed by atoms with Crippen LogP contribution in [0.5, 0.6) is 5.75 Å². The Morgan fingerprint density at radius 1 is 1.17 bits per heavy atom. The number of furan rings is 1. The third-order valence-electron chi connectivity index (χ3n) is 3.45. The van der Waals surface area contributed by atoms with Crippen LogP contribution in [0.15, 0.2) is 59.0 Å².